The molecule has 0 saturated heterocycles. The molecule has 0 nitrogen and oxygen atoms in total. The zero-order valence-corrected chi connectivity index (χ0v) is 52.7. The number of hydrogen-bond acceptors (Lipinski definition) is 0. The molecule has 4 radical (unpaired) electrons. The van der Waals surface area contributed by atoms with Gasteiger partial charge >= 0.3 is 0 Å². The monoisotopic (exact) mass is 1100 g/mol. The average molecular weight is 1100 g/mol. The summed E-state index contributed by atoms with van der Waals surface area (Å²) in [6.07, 6.45) is 0. The minimum atomic E-state index is 0. The molecule has 0 saturated carbocycles. The van der Waals surface area contributed by atoms with Crippen molar-refractivity contribution >= 4 is 0 Å². The van der Waals surface area contributed by atoms with Crippen molar-refractivity contribution in [3.05, 3.63) is 216 Å². The third-order valence-corrected chi connectivity index (χ3v) is 10.1. The van der Waals surface area contributed by atoms with Crippen molar-refractivity contribution in [3.63, 3.8) is 0 Å². The van der Waals surface area contributed by atoms with E-state index in [0.717, 1.165) is 0 Å². The van der Waals surface area contributed by atoms with E-state index < -0.39 is 0 Å². The molecule has 0 amide bonds. The smallest absolute Gasteiger partial charge is 0 e. The van der Waals surface area contributed by atoms with Gasteiger partial charge in [-0.15, -0.1) is 0 Å². The van der Waals surface area contributed by atoms with Crippen LogP contribution in [0.2, 0.25) is 0 Å². The van der Waals surface area contributed by atoms with E-state index in [9.17, 15) is 0 Å². The predicted molar refractivity (Wildman–Crippen MR) is 252 cm³/mol. The molecule has 0 bridgehead atoms. The first kappa shape index (κ1) is 68.8. The SMILES string of the molecule is Cc1[c-]cc(C)c(C)c1.Cc1c[c-]c(C)c(C)c1.Cc1c[c-]c(C)c(C)c1.Cc1cc(C)c(C)cc1C.Cc1ccc(C)c(C)c1.Cc1ccc(C)c(C)c1.[CH3-].[Y].[Y].[Y].[Y]. The van der Waals surface area contributed by atoms with Crippen LogP contribution in [-0.4, -0.2) is 0 Å². The second kappa shape index (κ2) is 36.0. The van der Waals surface area contributed by atoms with Crippen LogP contribution in [0.15, 0.2) is 84.9 Å². The van der Waals surface area contributed by atoms with Crippen LogP contribution in [-0.2, 0) is 131 Å². The molecule has 6 aromatic rings. The maximum Gasteiger partial charge on any atom is 0 e. The van der Waals surface area contributed by atoms with Gasteiger partial charge in [-0.1, -0.05) is 122 Å². The van der Waals surface area contributed by atoms with Crippen molar-refractivity contribution < 1.29 is 131 Å². The molecule has 0 N–H and O–H groups in total. The molecule has 0 unspecified atom stereocenters. The Kier molecular flexibility index (Phi) is 41.3. The van der Waals surface area contributed by atoms with Gasteiger partial charge in [0.2, 0.25) is 0 Å². The van der Waals surface area contributed by atoms with Gasteiger partial charge in [-0.25, -0.2) is 0 Å². The second-order valence-electron chi connectivity index (χ2n) is 15.6. The van der Waals surface area contributed by atoms with Crippen molar-refractivity contribution in [2.45, 2.75) is 132 Å². The van der Waals surface area contributed by atoms with Crippen LogP contribution in [0.4, 0.5) is 0 Å². The Balaban J connectivity index is -0.000000198. The maximum absolute atomic E-state index is 3.17. The summed E-state index contributed by atoms with van der Waals surface area (Å²) in [5.41, 5.74) is 25.4. The van der Waals surface area contributed by atoms with Crippen molar-refractivity contribution in [1.29, 1.82) is 0 Å². The van der Waals surface area contributed by atoms with E-state index in [1.165, 1.54) is 106 Å². The maximum atomic E-state index is 3.17. The Labute approximate surface area is 472 Å². The van der Waals surface area contributed by atoms with Gasteiger partial charge in [0.15, 0.2) is 0 Å². The minimum absolute atomic E-state index is 0. The van der Waals surface area contributed by atoms with Crippen LogP contribution >= 0.6 is 0 Å². The fourth-order valence-corrected chi connectivity index (χ4v) is 5.36. The fraction of sp³-hybridized carbons (Fsp3) is 0.339. The molecule has 0 atom stereocenters. The van der Waals surface area contributed by atoms with Gasteiger partial charge in [0, 0.05) is 131 Å². The van der Waals surface area contributed by atoms with Crippen LogP contribution in [0.25, 0.3) is 0 Å². The van der Waals surface area contributed by atoms with E-state index in [4.69, 9.17) is 0 Å². The van der Waals surface area contributed by atoms with Crippen LogP contribution in [0.1, 0.15) is 106 Å². The first-order chi connectivity index (χ1) is 25.6. The topological polar surface area (TPSA) is 0 Å². The van der Waals surface area contributed by atoms with E-state index in [0.29, 0.717) is 0 Å². The number of rotatable bonds is 0. The quantitative estimate of drug-likeness (QED) is 0.133. The largest absolute Gasteiger partial charge is 0.358 e. The molecular formula is C56H74Y4-4. The molecule has 314 valence electrons. The van der Waals surface area contributed by atoms with Gasteiger partial charge < -0.3 is 7.43 Å². The summed E-state index contributed by atoms with van der Waals surface area (Å²) in [5.74, 6) is 0. The number of aryl methyl sites for hydroxylation is 19. The van der Waals surface area contributed by atoms with Crippen molar-refractivity contribution in [2.24, 2.45) is 0 Å². The van der Waals surface area contributed by atoms with Gasteiger partial charge in [-0.2, -0.15) is 105 Å². The fourth-order valence-electron chi connectivity index (χ4n) is 5.36. The van der Waals surface area contributed by atoms with Crippen LogP contribution in [0, 0.1) is 157 Å². The summed E-state index contributed by atoms with van der Waals surface area (Å²) in [7, 11) is 0. The molecule has 4 heteroatoms. The van der Waals surface area contributed by atoms with E-state index in [1.54, 1.807) is 0 Å². The van der Waals surface area contributed by atoms with E-state index in [1.807, 2.05) is 18.2 Å². The van der Waals surface area contributed by atoms with Gasteiger partial charge in [-0.3, -0.25) is 0 Å². The van der Waals surface area contributed by atoms with Gasteiger partial charge in [0.1, 0.15) is 0 Å². The Morgan fingerprint density at radius 1 is 0.250 bits per heavy atom. The van der Waals surface area contributed by atoms with Crippen molar-refractivity contribution in [2.75, 3.05) is 0 Å². The Morgan fingerprint density at radius 2 is 0.533 bits per heavy atom. The Bertz CT molecular complexity index is 1770. The van der Waals surface area contributed by atoms with Crippen LogP contribution in [0.3, 0.4) is 0 Å². The zero-order valence-electron chi connectivity index (χ0n) is 41.4. The Morgan fingerprint density at radius 3 is 0.767 bits per heavy atom. The minimum Gasteiger partial charge on any atom is -0.358 e. The predicted octanol–water partition coefficient (Wildman–Crippen LogP) is 15.8. The van der Waals surface area contributed by atoms with Gasteiger partial charge in [0.25, 0.3) is 0 Å². The van der Waals surface area contributed by atoms with Crippen molar-refractivity contribution in [3.8, 4) is 0 Å². The molecule has 60 heavy (non-hydrogen) atoms. The summed E-state index contributed by atoms with van der Waals surface area (Å²) in [6, 6.07) is 39.5. The third-order valence-electron chi connectivity index (χ3n) is 10.1. The Hall–Kier alpha value is -0.264. The summed E-state index contributed by atoms with van der Waals surface area (Å²) >= 11 is 0. The molecule has 0 heterocycles. The molecule has 0 aliphatic carbocycles. The van der Waals surface area contributed by atoms with E-state index in [2.05, 4.69) is 216 Å². The molecular weight excluding hydrogens is 1030 g/mol. The summed E-state index contributed by atoms with van der Waals surface area (Å²) in [4.78, 5) is 0. The normalized spacial score (nSPS) is 8.92. The summed E-state index contributed by atoms with van der Waals surface area (Å²) in [6.45, 7) is 40.2. The number of benzene rings is 6. The van der Waals surface area contributed by atoms with Crippen LogP contribution in [0.5, 0.6) is 0 Å². The molecule has 0 spiro atoms. The van der Waals surface area contributed by atoms with E-state index >= 15 is 0 Å². The van der Waals surface area contributed by atoms with Gasteiger partial charge in [-0.05, 0) is 114 Å². The van der Waals surface area contributed by atoms with Gasteiger partial charge in [0.05, 0.1) is 0 Å². The molecule has 0 aliphatic heterocycles. The van der Waals surface area contributed by atoms with Crippen molar-refractivity contribution in [1.82, 2.24) is 0 Å². The van der Waals surface area contributed by atoms with Crippen LogP contribution < -0.4 is 0 Å². The third kappa shape index (κ3) is 28.5. The molecule has 6 aromatic carbocycles. The first-order valence-corrected chi connectivity index (χ1v) is 19.6. The first-order valence-electron chi connectivity index (χ1n) is 19.6. The molecule has 0 fully saturated rings. The standard InChI is InChI=1S/C10H14.2C9H12.3C9H11.CH3.4Y/c1-7-5-9(3)10(4)6-8(7)2;5*1-7-4-5-8(2)9(3)6-7;;;;;/h5-6H,1-4H3;2*4-6H,1-3H3;5-6H,1-3H3;2*4,6H,1-3H3;1H3;;;;/q;;;4*-1;;;;. The molecule has 6 rings (SSSR count). The number of hydrogen-bond donors (Lipinski definition) is 0. The second-order valence-corrected chi connectivity index (χ2v) is 15.6. The zero-order chi connectivity index (χ0) is 42.0. The molecule has 0 aliphatic rings. The average Bonchev–Trinajstić information content (AvgIpc) is 3.11. The van der Waals surface area contributed by atoms with E-state index in [-0.39, 0.29) is 138 Å². The summed E-state index contributed by atoms with van der Waals surface area (Å²) < 4.78 is 0. The summed E-state index contributed by atoms with van der Waals surface area (Å²) in [5, 5.41) is 0. The molecule has 0 aromatic heterocycles.